The summed E-state index contributed by atoms with van der Waals surface area (Å²) in [6, 6.07) is 1.72. The van der Waals surface area contributed by atoms with Crippen molar-refractivity contribution in [3.05, 3.63) is 28.5 Å². The number of rotatable bonds is 1. The van der Waals surface area contributed by atoms with Gasteiger partial charge in [-0.1, -0.05) is 32.4 Å². The smallest absolute Gasteiger partial charge is 0.341 e. The molecule has 0 radical (unpaired) electrons. The van der Waals surface area contributed by atoms with E-state index in [2.05, 4.69) is 9.72 Å². The number of carbonyl (C=O) groups excluding carboxylic acids is 1. The molecule has 1 aromatic heterocycles. The van der Waals surface area contributed by atoms with Gasteiger partial charge in [0.1, 0.15) is 5.15 Å². The quantitative estimate of drug-likeness (QED) is 0.547. The highest BCUT2D eigenvalue weighted by Gasteiger charge is 2.19. The van der Waals surface area contributed by atoms with Crippen molar-refractivity contribution in [2.24, 2.45) is 0 Å². The van der Waals surface area contributed by atoms with Gasteiger partial charge >= 0.3 is 5.97 Å². The number of esters is 1. The van der Waals surface area contributed by atoms with E-state index in [1.165, 1.54) is 7.11 Å². The summed E-state index contributed by atoms with van der Waals surface area (Å²) < 4.78 is 4.62. The van der Waals surface area contributed by atoms with Gasteiger partial charge in [0.25, 0.3) is 0 Å². The largest absolute Gasteiger partial charge is 0.465 e. The van der Waals surface area contributed by atoms with Gasteiger partial charge in [-0.2, -0.15) is 0 Å². The lowest BCUT2D eigenvalue weighted by atomic mass is 9.88. The summed E-state index contributed by atoms with van der Waals surface area (Å²) in [7, 11) is 1.32. The van der Waals surface area contributed by atoms with Crippen LogP contribution in [0.15, 0.2) is 12.3 Å². The van der Waals surface area contributed by atoms with Gasteiger partial charge < -0.3 is 4.74 Å². The van der Waals surface area contributed by atoms with Crippen molar-refractivity contribution in [3.63, 3.8) is 0 Å². The van der Waals surface area contributed by atoms with Crippen LogP contribution >= 0.6 is 11.6 Å². The van der Waals surface area contributed by atoms with Crippen LogP contribution in [-0.4, -0.2) is 18.1 Å². The summed E-state index contributed by atoms with van der Waals surface area (Å²) in [5.41, 5.74) is 1.19. The second-order valence-electron chi connectivity index (χ2n) is 4.30. The molecule has 0 amide bonds. The zero-order valence-corrected chi connectivity index (χ0v) is 10.1. The van der Waals surface area contributed by atoms with Crippen molar-refractivity contribution >= 4 is 17.6 Å². The van der Waals surface area contributed by atoms with Gasteiger partial charge in [0.15, 0.2) is 0 Å². The molecule has 0 aliphatic carbocycles. The second-order valence-corrected chi connectivity index (χ2v) is 4.66. The molecule has 0 aliphatic rings. The van der Waals surface area contributed by atoms with E-state index in [0.717, 1.165) is 5.56 Å². The zero-order valence-electron chi connectivity index (χ0n) is 9.30. The normalized spacial score (nSPS) is 11.3. The van der Waals surface area contributed by atoms with E-state index in [4.69, 9.17) is 11.6 Å². The van der Waals surface area contributed by atoms with Gasteiger partial charge in [-0.05, 0) is 17.0 Å². The molecule has 0 bridgehead atoms. The molecule has 0 unspecified atom stereocenters. The first-order chi connectivity index (χ1) is 6.86. The lowest BCUT2D eigenvalue weighted by molar-refractivity contribution is 0.0600. The van der Waals surface area contributed by atoms with Crippen LogP contribution < -0.4 is 0 Å². The fourth-order valence-electron chi connectivity index (χ4n) is 1.11. The number of nitrogens with zero attached hydrogens (tertiary/aromatic N) is 1. The van der Waals surface area contributed by atoms with Gasteiger partial charge in [0.05, 0.1) is 12.7 Å². The van der Waals surface area contributed by atoms with Crippen LogP contribution in [0.4, 0.5) is 0 Å². The fraction of sp³-hybridized carbons (Fsp3) is 0.455. The molecule has 0 saturated heterocycles. The van der Waals surface area contributed by atoms with Crippen LogP contribution in [0, 0.1) is 0 Å². The number of methoxy groups -OCH3 is 1. The molecule has 0 fully saturated rings. The first-order valence-electron chi connectivity index (χ1n) is 4.60. The lowest BCUT2D eigenvalue weighted by Crippen LogP contribution is -2.14. The fourth-order valence-corrected chi connectivity index (χ4v) is 1.29. The maximum Gasteiger partial charge on any atom is 0.341 e. The summed E-state index contributed by atoms with van der Waals surface area (Å²) in [6.07, 6.45) is 1.68. The average molecular weight is 228 g/mol. The van der Waals surface area contributed by atoms with E-state index in [0.29, 0.717) is 5.56 Å². The van der Waals surface area contributed by atoms with Crippen molar-refractivity contribution in [2.75, 3.05) is 7.11 Å². The lowest BCUT2D eigenvalue weighted by Gasteiger charge is -2.19. The van der Waals surface area contributed by atoms with Gasteiger partial charge in [-0.15, -0.1) is 0 Å². The number of hydrogen-bond acceptors (Lipinski definition) is 3. The molecule has 0 spiro atoms. The van der Waals surface area contributed by atoms with E-state index < -0.39 is 5.97 Å². The molecule has 3 nitrogen and oxygen atoms in total. The first-order valence-corrected chi connectivity index (χ1v) is 4.98. The number of carbonyl (C=O) groups is 1. The molecule has 1 aromatic rings. The monoisotopic (exact) mass is 227 g/mol. The van der Waals surface area contributed by atoms with Crippen LogP contribution in [0.25, 0.3) is 0 Å². The summed E-state index contributed by atoms with van der Waals surface area (Å²) in [6.45, 7) is 6.12. The average Bonchev–Trinajstić information content (AvgIpc) is 2.15. The minimum absolute atomic E-state index is 0.0691. The third-order valence-electron chi connectivity index (χ3n) is 2.11. The van der Waals surface area contributed by atoms with Crippen molar-refractivity contribution in [1.29, 1.82) is 0 Å². The second kappa shape index (κ2) is 4.19. The van der Waals surface area contributed by atoms with Crippen LogP contribution in [-0.2, 0) is 10.2 Å². The Morgan fingerprint density at radius 2 is 2.07 bits per heavy atom. The Labute approximate surface area is 94.4 Å². The predicted molar refractivity (Wildman–Crippen MR) is 59.3 cm³/mol. The first kappa shape index (κ1) is 12.0. The Hall–Kier alpha value is -1.09. The summed E-state index contributed by atoms with van der Waals surface area (Å²) in [5.74, 6) is -0.460. The number of ether oxygens (including phenoxy) is 1. The standard InChI is InChI=1S/C11H14ClNO2/c1-11(2,3)7-5-8(10(14)15-4)9(12)13-6-7/h5-6H,1-4H3. The van der Waals surface area contributed by atoms with Crippen LogP contribution in [0.5, 0.6) is 0 Å². The van der Waals surface area contributed by atoms with E-state index in [1.54, 1.807) is 12.3 Å². The van der Waals surface area contributed by atoms with Crippen LogP contribution in [0.3, 0.4) is 0 Å². The Morgan fingerprint density at radius 3 is 2.53 bits per heavy atom. The molecule has 0 aliphatic heterocycles. The minimum atomic E-state index is -0.460. The Kier molecular flexibility index (Phi) is 3.35. The maximum atomic E-state index is 11.4. The van der Waals surface area contributed by atoms with E-state index in [9.17, 15) is 4.79 Å². The molecular weight excluding hydrogens is 214 g/mol. The molecule has 4 heteroatoms. The number of pyridine rings is 1. The molecule has 15 heavy (non-hydrogen) atoms. The molecule has 82 valence electrons. The predicted octanol–water partition coefficient (Wildman–Crippen LogP) is 2.82. The molecule has 0 atom stereocenters. The van der Waals surface area contributed by atoms with Gasteiger partial charge in [-0.3, -0.25) is 0 Å². The number of halogens is 1. The molecular formula is C11H14ClNO2. The Balaban J connectivity index is 3.23. The van der Waals surface area contributed by atoms with Gasteiger partial charge in [0.2, 0.25) is 0 Å². The SMILES string of the molecule is COC(=O)c1cc(C(C)(C)C)cnc1Cl. The third kappa shape index (κ3) is 2.69. The van der Waals surface area contributed by atoms with Crippen molar-refractivity contribution in [1.82, 2.24) is 4.98 Å². The van der Waals surface area contributed by atoms with Crippen molar-refractivity contribution < 1.29 is 9.53 Å². The van der Waals surface area contributed by atoms with Crippen molar-refractivity contribution in [3.8, 4) is 0 Å². The summed E-state index contributed by atoms with van der Waals surface area (Å²) >= 11 is 5.81. The molecule has 0 aromatic carbocycles. The van der Waals surface area contributed by atoms with Crippen molar-refractivity contribution in [2.45, 2.75) is 26.2 Å². The summed E-state index contributed by atoms with van der Waals surface area (Å²) in [5, 5.41) is 0.176. The van der Waals surface area contributed by atoms with Gasteiger partial charge in [-0.25, -0.2) is 9.78 Å². The van der Waals surface area contributed by atoms with Crippen LogP contribution in [0.2, 0.25) is 5.15 Å². The van der Waals surface area contributed by atoms with E-state index in [-0.39, 0.29) is 10.6 Å². The zero-order chi connectivity index (χ0) is 11.6. The number of aromatic nitrogens is 1. The summed E-state index contributed by atoms with van der Waals surface area (Å²) in [4.78, 5) is 15.3. The van der Waals surface area contributed by atoms with E-state index >= 15 is 0 Å². The molecule has 0 saturated carbocycles. The van der Waals surface area contributed by atoms with Crippen LogP contribution in [0.1, 0.15) is 36.7 Å². The highest BCUT2D eigenvalue weighted by molar-refractivity contribution is 6.32. The molecule has 0 N–H and O–H groups in total. The molecule has 1 heterocycles. The maximum absolute atomic E-state index is 11.4. The number of hydrogen-bond donors (Lipinski definition) is 0. The third-order valence-corrected chi connectivity index (χ3v) is 2.41. The topological polar surface area (TPSA) is 39.2 Å². The highest BCUT2D eigenvalue weighted by Crippen LogP contribution is 2.25. The molecule has 1 rings (SSSR count). The Bertz CT molecular complexity index is 383. The highest BCUT2D eigenvalue weighted by atomic mass is 35.5. The van der Waals surface area contributed by atoms with E-state index in [1.807, 2.05) is 20.8 Å². The minimum Gasteiger partial charge on any atom is -0.465 e. The van der Waals surface area contributed by atoms with Gasteiger partial charge in [0, 0.05) is 6.20 Å². The Morgan fingerprint density at radius 1 is 1.47 bits per heavy atom.